The van der Waals surface area contributed by atoms with Gasteiger partial charge in [0.15, 0.2) is 0 Å². The monoisotopic (exact) mass is 468 g/mol. The number of aryl methyl sites for hydroxylation is 2. The summed E-state index contributed by atoms with van der Waals surface area (Å²) in [4.78, 5) is 31.3. The summed E-state index contributed by atoms with van der Waals surface area (Å²) in [5.41, 5.74) is 4.12. The van der Waals surface area contributed by atoms with Crippen molar-refractivity contribution >= 4 is 22.8 Å². The van der Waals surface area contributed by atoms with E-state index >= 15 is 0 Å². The highest BCUT2D eigenvalue weighted by Gasteiger charge is 2.43. The van der Waals surface area contributed by atoms with E-state index in [1.165, 1.54) is 0 Å². The molecule has 1 aromatic heterocycles. The van der Waals surface area contributed by atoms with Crippen LogP contribution in [0.15, 0.2) is 79.0 Å². The Morgan fingerprint density at radius 3 is 2.26 bits per heavy atom. The van der Waals surface area contributed by atoms with Gasteiger partial charge in [0.25, 0.3) is 5.91 Å². The van der Waals surface area contributed by atoms with Crippen LogP contribution in [-0.2, 0) is 16.6 Å². The maximum atomic E-state index is 13.3. The first kappa shape index (κ1) is 24.3. The molecule has 0 fully saturated rings. The van der Waals surface area contributed by atoms with Crippen molar-refractivity contribution in [3.05, 3.63) is 107 Å². The van der Waals surface area contributed by atoms with E-state index in [0.29, 0.717) is 12.0 Å². The molecule has 0 bridgehead atoms. The Balaban J connectivity index is 1.72. The van der Waals surface area contributed by atoms with Crippen LogP contribution in [0.2, 0.25) is 0 Å². The maximum absolute atomic E-state index is 13.3. The third-order valence-electron chi connectivity index (χ3n) is 7.00. The van der Waals surface area contributed by atoms with Gasteiger partial charge in [0.2, 0.25) is 0 Å². The number of nitrogens with one attached hydrogen (secondary N) is 1. The van der Waals surface area contributed by atoms with Crippen LogP contribution in [0.4, 0.5) is 0 Å². The Bertz CT molecular complexity index is 1340. The zero-order valence-corrected chi connectivity index (χ0v) is 20.7. The molecule has 4 rings (SSSR count). The number of para-hydroxylation sites is 1. The summed E-state index contributed by atoms with van der Waals surface area (Å²) in [7, 11) is 1.76. The van der Waals surface area contributed by atoms with Crippen molar-refractivity contribution in [1.29, 1.82) is 0 Å². The highest BCUT2D eigenvalue weighted by atomic mass is 16.4. The van der Waals surface area contributed by atoms with E-state index in [-0.39, 0.29) is 18.4 Å². The fourth-order valence-corrected chi connectivity index (χ4v) is 5.08. The predicted molar refractivity (Wildman–Crippen MR) is 140 cm³/mol. The van der Waals surface area contributed by atoms with Crippen molar-refractivity contribution in [2.75, 3.05) is 7.05 Å². The molecule has 35 heavy (non-hydrogen) atoms. The van der Waals surface area contributed by atoms with Gasteiger partial charge in [-0.2, -0.15) is 0 Å². The second-order valence-electron chi connectivity index (χ2n) is 9.64. The van der Waals surface area contributed by atoms with Crippen LogP contribution in [-0.4, -0.2) is 40.0 Å². The van der Waals surface area contributed by atoms with Gasteiger partial charge < -0.3 is 15.0 Å². The molecule has 2 atom stereocenters. The molecule has 5 nitrogen and oxygen atoms in total. The number of carbonyl (C=O) groups excluding carboxylic acids is 1. The fraction of sp³-hybridized carbons (Fsp3) is 0.267. The molecule has 0 radical (unpaired) electrons. The number of fused-ring (bicyclic) bond motifs is 1. The van der Waals surface area contributed by atoms with Gasteiger partial charge in [0, 0.05) is 35.8 Å². The summed E-state index contributed by atoms with van der Waals surface area (Å²) in [6.07, 6.45) is 2.49. The number of carboxylic acids is 1. The van der Waals surface area contributed by atoms with Crippen molar-refractivity contribution in [2.24, 2.45) is 0 Å². The second-order valence-corrected chi connectivity index (χ2v) is 9.64. The largest absolute Gasteiger partial charge is 0.481 e. The minimum atomic E-state index is -1.21. The van der Waals surface area contributed by atoms with Crippen LogP contribution in [0.25, 0.3) is 10.9 Å². The Morgan fingerprint density at radius 2 is 1.60 bits per heavy atom. The Labute approximate surface area is 206 Å². The van der Waals surface area contributed by atoms with E-state index < -0.39 is 11.4 Å². The van der Waals surface area contributed by atoms with E-state index in [1.54, 1.807) is 11.9 Å². The molecular weight excluding hydrogens is 436 g/mol. The molecule has 0 saturated heterocycles. The summed E-state index contributed by atoms with van der Waals surface area (Å²) in [5, 5.41) is 11.7. The number of nitrogens with zero attached hydrogens (tertiary/aromatic N) is 1. The molecule has 0 spiro atoms. The molecule has 2 unspecified atom stereocenters. The number of aromatic amines is 1. The number of amides is 1. The normalized spacial score (nSPS) is 13.8. The van der Waals surface area contributed by atoms with Gasteiger partial charge in [-0.05, 0) is 62.9 Å². The predicted octanol–water partition coefficient (Wildman–Crippen LogP) is 5.90. The van der Waals surface area contributed by atoms with E-state index in [4.69, 9.17) is 0 Å². The minimum Gasteiger partial charge on any atom is -0.481 e. The van der Waals surface area contributed by atoms with Crippen LogP contribution < -0.4 is 0 Å². The first-order valence-corrected chi connectivity index (χ1v) is 11.9. The van der Waals surface area contributed by atoms with Crippen LogP contribution in [0.5, 0.6) is 0 Å². The van der Waals surface area contributed by atoms with Gasteiger partial charge in [0.1, 0.15) is 0 Å². The summed E-state index contributed by atoms with van der Waals surface area (Å²) in [6.45, 7) is 5.87. The lowest BCUT2D eigenvalue weighted by Crippen LogP contribution is -2.46. The number of aromatic nitrogens is 1. The first-order valence-electron chi connectivity index (χ1n) is 11.9. The lowest BCUT2D eigenvalue weighted by molar-refractivity contribution is -0.144. The van der Waals surface area contributed by atoms with E-state index in [2.05, 4.69) is 4.98 Å². The number of aliphatic carboxylic acids is 1. The van der Waals surface area contributed by atoms with Crippen molar-refractivity contribution in [2.45, 2.75) is 45.1 Å². The Hall–Kier alpha value is -3.86. The summed E-state index contributed by atoms with van der Waals surface area (Å²) < 4.78 is 0. The van der Waals surface area contributed by atoms with Crippen LogP contribution >= 0.6 is 0 Å². The molecule has 180 valence electrons. The molecular formula is C30H32N2O3. The zero-order chi connectivity index (χ0) is 25.2. The summed E-state index contributed by atoms with van der Waals surface area (Å²) in [6, 6.07) is 22.8. The number of rotatable bonds is 8. The number of hydrogen-bond acceptors (Lipinski definition) is 2. The van der Waals surface area contributed by atoms with Gasteiger partial charge in [-0.15, -0.1) is 0 Å². The average molecular weight is 469 g/mol. The molecule has 3 aromatic carbocycles. The number of hydrogen-bond donors (Lipinski definition) is 2. The molecule has 0 aliphatic rings. The van der Waals surface area contributed by atoms with Crippen molar-refractivity contribution in [1.82, 2.24) is 9.88 Å². The van der Waals surface area contributed by atoms with Crippen LogP contribution in [0.1, 0.15) is 46.0 Å². The first-order chi connectivity index (χ1) is 16.7. The third-order valence-corrected chi connectivity index (χ3v) is 7.00. The van der Waals surface area contributed by atoms with Crippen molar-refractivity contribution in [3.63, 3.8) is 0 Å². The molecule has 0 aliphatic carbocycles. The second kappa shape index (κ2) is 9.79. The Kier molecular flexibility index (Phi) is 6.79. The van der Waals surface area contributed by atoms with Crippen molar-refractivity contribution in [3.8, 4) is 0 Å². The van der Waals surface area contributed by atoms with Gasteiger partial charge in [-0.1, -0.05) is 65.7 Å². The molecule has 0 aliphatic heterocycles. The lowest BCUT2D eigenvalue weighted by atomic mass is 9.71. The number of carbonyl (C=O) groups is 2. The molecule has 5 heteroatoms. The number of benzene rings is 3. The van der Waals surface area contributed by atoms with Gasteiger partial charge in [0.05, 0.1) is 5.41 Å². The number of carboxylic acid groups (broad SMARTS) is 1. The highest BCUT2D eigenvalue weighted by molar-refractivity contribution is 5.95. The summed E-state index contributed by atoms with van der Waals surface area (Å²) in [5.74, 6) is -1.00. The molecule has 2 N–H and O–H groups in total. The third kappa shape index (κ3) is 4.85. The van der Waals surface area contributed by atoms with Crippen LogP contribution in [0.3, 0.4) is 0 Å². The molecule has 0 saturated carbocycles. The van der Waals surface area contributed by atoms with Crippen LogP contribution in [0, 0.1) is 13.8 Å². The molecule has 1 heterocycles. The lowest BCUT2D eigenvalue weighted by Gasteiger charge is -2.36. The minimum absolute atomic E-state index is 0.108. The van der Waals surface area contributed by atoms with Gasteiger partial charge in [-0.25, -0.2) is 0 Å². The Morgan fingerprint density at radius 1 is 0.971 bits per heavy atom. The van der Waals surface area contributed by atoms with Gasteiger partial charge in [-0.3, -0.25) is 9.59 Å². The standard InChI is InChI=1S/C30H32N2O3/c1-20-14-21(2)16-23(15-20)28(33)32(4)22(3)17-30(29(34)35,25-10-6-5-7-11-25)18-24-19-31-27-13-9-8-12-26(24)27/h5-16,19,22,31H,17-18H2,1-4H3,(H,34,35). The fourth-order valence-electron chi connectivity index (χ4n) is 5.08. The molecule has 1 amide bonds. The van der Waals surface area contributed by atoms with Crippen molar-refractivity contribution < 1.29 is 14.7 Å². The zero-order valence-electron chi connectivity index (χ0n) is 20.7. The SMILES string of the molecule is Cc1cc(C)cc(C(=O)N(C)C(C)CC(Cc2c[nH]c3ccccc23)(C(=O)O)c2ccccc2)c1. The number of H-pyrrole nitrogens is 1. The average Bonchev–Trinajstić information content (AvgIpc) is 3.25. The summed E-state index contributed by atoms with van der Waals surface area (Å²) >= 11 is 0. The van der Waals surface area contributed by atoms with Gasteiger partial charge >= 0.3 is 5.97 Å². The smallest absolute Gasteiger partial charge is 0.314 e. The van der Waals surface area contributed by atoms with E-state index in [9.17, 15) is 14.7 Å². The maximum Gasteiger partial charge on any atom is 0.314 e. The highest BCUT2D eigenvalue weighted by Crippen LogP contribution is 2.37. The quantitative estimate of drug-likeness (QED) is 0.338. The van der Waals surface area contributed by atoms with E-state index in [0.717, 1.165) is 33.2 Å². The molecule has 4 aromatic rings. The topological polar surface area (TPSA) is 73.4 Å². The van der Waals surface area contributed by atoms with E-state index in [1.807, 2.05) is 99.8 Å².